The lowest BCUT2D eigenvalue weighted by atomic mass is 10.1. The molecular formula is C11H15N5O2. The molecule has 0 spiro atoms. The van der Waals surface area contributed by atoms with Gasteiger partial charge in [0.05, 0.1) is 38.5 Å². The van der Waals surface area contributed by atoms with Crippen LogP contribution in [0.25, 0.3) is 0 Å². The third-order valence-corrected chi connectivity index (χ3v) is 2.49. The van der Waals surface area contributed by atoms with Gasteiger partial charge in [0.2, 0.25) is 11.8 Å². The van der Waals surface area contributed by atoms with Gasteiger partial charge < -0.3 is 19.8 Å². The standard InChI is InChI=1S/C11H15N5O2/c1-16-5-7(14-6-16)9(12)10-11(18-3)15-8(17-2)4-13-10/h4-6,9H,12H2,1-3H3. The van der Waals surface area contributed by atoms with Crippen LogP contribution in [0.3, 0.4) is 0 Å². The molecule has 0 radical (unpaired) electrons. The van der Waals surface area contributed by atoms with E-state index in [2.05, 4.69) is 15.0 Å². The molecule has 2 aromatic heterocycles. The second kappa shape index (κ2) is 5.01. The summed E-state index contributed by atoms with van der Waals surface area (Å²) in [4.78, 5) is 12.6. The minimum absolute atomic E-state index is 0.340. The van der Waals surface area contributed by atoms with E-state index in [1.807, 2.05) is 17.8 Å². The van der Waals surface area contributed by atoms with Crippen LogP contribution in [-0.4, -0.2) is 33.7 Å². The molecule has 2 heterocycles. The Kier molecular flexibility index (Phi) is 3.42. The molecule has 0 bridgehead atoms. The van der Waals surface area contributed by atoms with Gasteiger partial charge in [0.1, 0.15) is 5.69 Å². The Labute approximate surface area is 105 Å². The van der Waals surface area contributed by atoms with Crippen molar-refractivity contribution in [2.75, 3.05) is 14.2 Å². The van der Waals surface area contributed by atoms with Gasteiger partial charge in [-0.3, -0.25) is 0 Å². The summed E-state index contributed by atoms with van der Waals surface area (Å²) in [5, 5.41) is 0. The topological polar surface area (TPSA) is 88.1 Å². The maximum absolute atomic E-state index is 6.10. The van der Waals surface area contributed by atoms with Crippen molar-refractivity contribution in [2.45, 2.75) is 6.04 Å². The van der Waals surface area contributed by atoms with E-state index in [0.717, 1.165) is 0 Å². The lowest BCUT2D eigenvalue weighted by Crippen LogP contribution is -2.16. The van der Waals surface area contributed by atoms with Gasteiger partial charge in [-0.1, -0.05) is 0 Å². The molecule has 7 heteroatoms. The Hall–Kier alpha value is -2.15. The van der Waals surface area contributed by atoms with Crippen LogP contribution in [0.4, 0.5) is 0 Å². The lowest BCUT2D eigenvalue weighted by Gasteiger charge is -2.12. The van der Waals surface area contributed by atoms with Crippen LogP contribution in [0.15, 0.2) is 18.7 Å². The van der Waals surface area contributed by atoms with E-state index in [0.29, 0.717) is 23.1 Å². The maximum Gasteiger partial charge on any atom is 0.240 e. The highest BCUT2D eigenvalue weighted by atomic mass is 16.5. The average molecular weight is 249 g/mol. The summed E-state index contributed by atoms with van der Waals surface area (Å²) in [6, 6.07) is -0.487. The molecule has 0 amide bonds. The predicted molar refractivity (Wildman–Crippen MR) is 64.4 cm³/mol. The fourth-order valence-electron chi connectivity index (χ4n) is 1.56. The van der Waals surface area contributed by atoms with Crippen LogP contribution in [0.5, 0.6) is 11.8 Å². The number of aryl methyl sites for hydroxylation is 1. The molecule has 1 atom stereocenters. The summed E-state index contributed by atoms with van der Waals surface area (Å²) < 4.78 is 12.0. The van der Waals surface area contributed by atoms with Crippen molar-refractivity contribution in [2.24, 2.45) is 12.8 Å². The van der Waals surface area contributed by atoms with E-state index in [1.165, 1.54) is 20.4 Å². The zero-order chi connectivity index (χ0) is 13.1. The molecular weight excluding hydrogens is 234 g/mol. The quantitative estimate of drug-likeness (QED) is 0.837. The van der Waals surface area contributed by atoms with Crippen LogP contribution < -0.4 is 15.2 Å². The molecule has 96 valence electrons. The first-order valence-electron chi connectivity index (χ1n) is 5.34. The van der Waals surface area contributed by atoms with Crippen molar-refractivity contribution in [1.29, 1.82) is 0 Å². The van der Waals surface area contributed by atoms with E-state index in [9.17, 15) is 0 Å². The van der Waals surface area contributed by atoms with Crippen LogP contribution in [0.1, 0.15) is 17.4 Å². The van der Waals surface area contributed by atoms with Crippen molar-refractivity contribution in [1.82, 2.24) is 19.5 Å². The van der Waals surface area contributed by atoms with Gasteiger partial charge >= 0.3 is 0 Å². The first-order chi connectivity index (χ1) is 8.65. The third-order valence-electron chi connectivity index (χ3n) is 2.49. The minimum atomic E-state index is -0.487. The number of methoxy groups -OCH3 is 2. The Balaban J connectivity index is 2.38. The number of imidazole rings is 1. The smallest absolute Gasteiger partial charge is 0.240 e. The molecule has 0 saturated carbocycles. The van der Waals surface area contributed by atoms with Gasteiger partial charge in [0.15, 0.2) is 0 Å². The maximum atomic E-state index is 6.10. The normalized spacial score (nSPS) is 12.2. The minimum Gasteiger partial charge on any atom is -0.480 e. The number of hydrogen-bond donors (Lipinski definition) is 1. The molecule has 0 aliphatic rings. The van der Waals surface area contributed by atoms with Crippen LogP contribution in [0.2, 0.25) is 0 Å². The monoisotopic (exact) mass is 249 g/mol. The largest absolute Gasteiger partial charge is 0.480 e. The summed E-state index contributed by atoms with van der Waals surface area (Å²) in [6.45, 7) is 0. The van der Waals surface area contributed by atoms with E-state index in [-0.39, 0.29) is 0 Å². The molecule has 0 aromatic carbocycles. The van der Waals surface area contributed by atoms with E-state index < -0.39 is 6.04 Å². The number of ether oxygens (including phenoxy) is 2. The highest BCUT2D eigenvalue weighted by Gasteiger charge is 2.19. The number of hydrogen-bond acceptors (Lipinski definition) is 6. The molecule has 1 unspecified atom stereocenters. The zero-order valence-corrected chi connectivity index (χ0v) is 10.5. The first-order valence-corrected chi connectivity index (χ1v) is 5.34. The van der Waals surface area contributed by atoms with Crippen molar-refractivity contribution in [3.63, 3.8) is 0 Å². The highest BCUT2D eigenvalue weighted by molar-refractivity contribution is 5.30. The van der Waals surface area contributed by atoms with Crippen LogP contribution >= 0.6 is 0 Å². The summed E-state index contributed by atoms with van der Waals surface area (Å²) >= 11 is 0. The second-order valence-corrected chi connectivity index (χ2v) is 3.75. The molecule has 2 N–H and O–H groups in total. The van der Waals surface area contributed by atoms with E-state index >= 15 is 0 Å². The molecule has 0 fully saturated rings. The van der Waals surface area contributed by atoms with Gasteiger partial charge in [-0.15, -0.1) is 0 Å². The third kappa shape index (κ3) is 2.25. The van der Waals surface area contributed by atoms with Crippen molar-refractivity contribution < 1.29 is 9.47 Å². The van der Waals surface area contributed by atoms with Crippen molar-refractivity contribution in [3.8, 4) is 11.8 Å². The molecule has 2 rings (SSSR count). The fourth-order valence-corrected chi connectivity index (χ4v) is 1.56. The Morgan fingerprint density at radius 2 is 2.06 bits per heavy atom. The van der Waals surface area contributed by atoms with Crippen molar-refractivity contribution in [3.05, 3.63) is 30.1 Å². The highest BCUT2D eigenvalue weighted by Crippen LogP contribution is 2.25. The van der Waals surface area contributed by atoms with E-state index in [4.69, 9.17) is 15.2 Å². The molecule has 0 aliphatic carbocycles. The Morgan fingerprint density at radius 3 is 2.61 bits per heavy atom. The number of nitrogens with zero attached hydrogens (tertiary/aromatic N) is 4. The van der Waals surface area contributed by atoms with Crippen LogP contribution in [-0.2, 0) is 7.05 Å². The van der Waals surface area contributed by atoms with Gasteiger partial charge in [-0.05, 0) is 0 Å². The Morgan fingerprint density at radius 1 is 1.28 bits per heavy atom. The van der Waals surface area contributed by atoms with Gasteiger partial charge in [-0.25, -0.2) is 9.97 Å². The van der Waals surface area contributed by atoms with Crippen LogP contribution in [0, 0.1) is 0 Å². The predicted octanol–water partition coefficient (Wildman–Crippen LogP) is 0.275. The Bertz CT molecular complexity index is 540. The van der Waals surface area contributed by atoms with E-state index in [1.54, 1.807) is 6.33 Å². The molecule has 2 aromatic rings. The molecule has 0 saturated heterocycles. The molecule has 0 aliphatic heterocycles. The first kappa shape index (κ1) is 12.3. The second-order valence-electron chi connectivity index (χ2n) is 3.75. The van der Waals surface area contributed by atoms with Gasteiger partial charge in [0, 0.05) is 13.2 Å². The zero-order valence-electron chi connectivity index (χ0n) is 10.5. The number of aromatic nitrogens is 4. The lowest BCUT2D eigenvalue weighted by molar-refractivity contribution is 0.355. The molecule has 7 nitrogen and oxygen atoms in total. The summed E-state index contributed by atoms with van der Waals surface area (Å²) in [5.74, 6) is 0.719. The number of rotatable bonds is 4. The van der Waals surface area contributed by atoms with Gasteiger partial charge in [0.25, 0.3) is 0 Å². The summed E-state index contributed by atoms with van der Waals surface area (Å²) in [7, 11) is 4.90. The number of nitrogens with two attached hydrogens (primary N) is 1. The van der Waals surface area contributed by atoms with Gasteiger partial charge in [-0.2, -0.15) is 4.98 Å². The SMILES string of the molecule is COc1cnc(C(N)c2cn(C)cn2)c(OC)n1. The van der Waals surface area contributed by atoms with Crippen molar-refractivity contribution >= 4 is 0 Å². The summed E-state index contributed by atoms with van der Waals surface area (Å²) in [5.41, 5.74) is 7.33. The summed E-state index contributed by atoms with van der Waals surface area (Å²) in [6.07, 6.45) is 5.01. The fraction of sp³-hybridized carbons (Fsp3) is 0.364. The average Bonchev–Trinajstić information content (AvgIpc) is 2.83. The molecule has 18 heavy (non-hydrogen) atoms.